The highest BCUT2D eigenvalue weighted by atomic mass is 16.2. The van der Waals surface area contributed by atoms with E-state index >= 15 is 0 Å². The van der Waals surface area contributed by atoms with E-state index in [9.17, 15) is 4.79 Å². The van der Waals surface area contributed by atoms with Crippen LogP contribution in [0.5, 0.6) is 0 Å². The van der Waals surface area contributed by atoms with Crippen LogP contribution in [0.4, 0.5) is 5.95 Å². The molecule has 0 atom stereocenters. The Kier molecular flexibility index (Phi) is 4.39. The van der Waals surface area contributed by atoms with Crippen molar-refractivity contribution < 1.29 is 4.79 Å². The van der Waals surface area contributed by atoms with Gasteiger partial charge in [-0.05, 0) is 24.3 Å². The molecule has 1 aliphatic heterocycles. The summed E-state index contributed by atoms with van der Waals surface area (Å²) >= 11 is 0. The van der Waals surface area contributed by atoms with Gasteiger partial charge in [0, 0.05) is 18.9 Å². The summed E-state index contributed by atoms with van der Waals surface area (Å²) in [6.45, 7) is 2.72. The second kappa shape index (κ2) is 7.34. The van der Waals surface area contributed by atoms with Gasteiger partial charge in [0.25, 0.3) is 0 Å². The van der Waals surface area contributed by atoms with Crippen molar-refractivity contribution in [3.8, 4) is 0 Å². The number of anilines is 1. The van der Waals surface area contributed by atoms with Crippen LogP contribution in [0, 0.1) is 0 Å². The predicted octanol–water partition coefficient (Wildman–Crippen LogP) is 1.68. The van der Waals surface area contributed by atoms with Gasteiger partial charge in [0.1, 0.15) is 6.54 Å². The molecule has 1 amide bonds. The molecule has 146 valence electrons. The molecule has 0 aliphatic carbocycles. The molecule has 0 fully saturated rings. The number of para-hydroxylation sites is 2. The third-order valence-electron chi connectivity index (χ3n) is 5.03. The van der Waals surface area contributed by atoms with E-state index in [2.05, 4.69) is 25.4 Å². The van der Waals surface area contributed by atoms with Crippen molar-refractivity contribution in [2.45, 2.75) is 26.2 Å². The number of fused-ring (bicyclic) bond motifs is 2. The molecule has 3 aromatic heterocycles. The highest BCUT2D eigenvalue weighted by Gasteiger charge is 2.23. The van der Waals surface area contributed by atoms with Gasteiger partial charge in [-0.1, -0.05) is 12.1 Å². The van der Waals surface area contributed by atoms with E-state index in [0.29, 0.717) is 32.1 Å². The highest BCUT2D eigenvalue weighted by Crippen LogP contribution is 2.17. The molecule has 1 aromatic carbocycles. The minimum atomic E-state index is 0.0814. The van der Waals surface area contributed by atoms with Gasteiger partial charge in [-0.25, -0.2) is 15.0 Å². The number of hydrogen-bond donors (Lipinski definition) is 1. The first-order valence-corrected chi connectivity index (χ1v) is 9.50. The summed E-state index contributed by atoms with van der Waals surface area (Å²) in [4.78, 5) is 27.4. The molecule has 4 aromatic rings. The molecular weight excluding hydrogens is 368 g/mol. The fourth-order valence-corrected chi connectivity index (χ4v) is 3.57. The van der Waals surface area contributed by atoms with Crippen molar-refractivity contribution >= 4 is 22.9 Å². The first-order valence-electron chi connectivity index (χ1n) is 9.50. The van der Waals surface area contributed by atoms with Gasteiger partial charge in [-0.3, -0.25) is 9.48 Å². The predicted molar refractivity (Wildman–Crippen MR) is 107 cm³/mol. The Labute approximate surface area is 167 Å². The summed E-state index contributed by atoms with van der Waals surface area (Å²) in [6, 6.07) is 11.6. The summed E-state index contributed by atoms with van der Waals surface area (Å²) in [5, 5.41) is 7.78. The maximum Gasteiger partial charge on any atom is 0.242 e. The molecule has 0 unspecified atom stereocenters. The minimum Gasteiger partial charge on any atom is -0.348 e. The lowest BCUT2D eigenvalue weighted by Gasteiger charge is -2.27. The summed E-state index contributed by atoms with van der Waals surface area (Å²) in [6.07, 6.45) is 5.12. The fourth-order valence-electron chi connectivity index (χ4n) is 3.57. The molecular formula is C20H20N8O. The van der Waals surface area contributed by atoms with E-state index in [1.54, 1.807) is 24.8 Å². The number of amides is 1. The maximum absolute atomic E-state index is 12.9. The van der Waals surface area contributed by atoms with Crippen LogP contribution in [0.3, 0.4) is 0 Å². The minimum absolute atomic E-state index is 0.0814. The number of benzene rings is 1. The van der Waals surface area contributed by atoms with Gasteiger partial charge in [-0.15, -0.1) is 0 Å². The van der Waals surface area contributed by atoms with Crippen molar-refractivity contribution in [1.29, 1.82) is 0 Å². The van der Waals surface area contributed by atoms with Crippen LogP contribution >= 0.6 is 0 Å². The molecule has 0 saturated heterocycles. The normalized spacial score (nSPS) is 13.4. The van der Waals surface area contributed by atoms with E-state index in [4.69, 9.17) is 0 Å². The van der Waals surface area contributed by atoms with E-state index in [0.717, 1.165) is 22.4 Å². The Morgan fingerprint density at radius 2 is 1.93 bits per heavy atom. The van der Waals surface area contributed by atoms with Crippen molar-refractivity contribution in [1.82, 2.24) is 34.2 Å². The number of hydrogen-bond acceptors (Lipinski definition) is 6. The number of carbonyl (C=O) groups is 1. The van der Waals surface area contributed by atoms with Crippen LogP contribution in [0.25, 0.3) is 11.0 Å². The number of carbonyl (C=O) groups excluding carboxylic acids is 1. The fraction of sp³-hybridized carbons (Fsp3) is 0.250. The van der Waals surface area contributed by atoms with E-state index in [-0.39, 0.29) is 12.5 Å². The molecule has 29 heavy (non-hydrogen) atoms. The Morgan fingerprint density at radius 3 is 2.83 bits per heavy atom. The number of nitrogens with zero attached hydrogens (tertiary/aromatic N) is 7. The molecule has 0 spiro atoms. The number of imidazole rings is 1. The van der Waals surface area contributed by atoms with Crippen LogP contribution in [-0.2, 0) is 31.0 Å². The zero-order chi connectivity index (χ0) is 19.6. The maximum atomic E-state index is 12.9. The zero-order valence-corrected chi connectivity index (χ0v) is 15.8. The van der Waals surface area contributed by atoms with Gasteiger partial charge in [0.05, 0.1) is 48.4 Å². The van der Waals surface area contributed by atoms with Crippen LogP contribution in [0.15, 0.2) is 55.1 Å². The lowest BCUT2D eigenvalue weighted by atomic mass is 10.2. The lowest BCUT2D eigenvalue weighted by molar-refractivity contribution is -0.133. The van der Waals surface area contributed by atoms with Crippen LogP contribution in [-0.4, -0.2) is 46.7 Å². The Morgan fingerprint density at radius 1 is 1.07 bits per heavy atom. The van der Waals surface area contributed by atoms with Gasteiger partial charge >= 0.3 is 0 Å². The van der Waals surface area contributed by atoms with Crippen molar-refractivity contribution in [2.75, 3.05) is 11.9 Å². The summed E-state index contributed by atoms with van der Waals surface area (Å²) in [7, 11) is 0. The van der Waals surface area contributed by atoms with Crippen LogP contribution in [0.1, 0.15) is 11.4 Å². The number of nitrogens with one attached hydrogen (secondary N) is 1. The lowest BCUT2D eigenvalue weighted by Crippen LogP contribution is -2.40. The average Bonchev–Trinajstić information content (AvgIpc) is 3.36. The summed E-state index contributed by atoms with van der Waals surface area (Å²) in [5.74, 6) is 0.654. The number of rotatable bonds is 5. The average molecular weight is 388 g/mol. The SMILES string of the molecule is O=C(Cn1cnc2ccccc21)N1CCn2nc(CNc3ncccn3)cc2C1. The first-order chi connectivity index (χ1) is 14.3. The van der Waals surface area contributed by atoms with E-state index in [1.165, 1.54) is 0 Å². The second-order valence-electron chi connectivity index (χ2n) is 6.95. The molecule has 1 N–H and O–H groups in total. The monoisotopic (exact) mass is 388 g/mol. The third-order valence-corrected chi connectivity index (χ3v) is 5.03. The summed E-state index contributed by atoms with van der Waals surface area (Å²) in [5.41, 5.74) is 3.81. The molecule has 5 rings (SSSR count). The van der Waals surface area contributed by atoms with Crippen molar-refractivity contribution in [2.24, 2.45) is 0 Å². The van der Waals surface area contributed by atoms with Gasteiger partial charge < -0.3 is 14.8 Å². The molecule has 0 bridgehead atoms. The molecule has 9 heteroatoms. The van der Waals surface area contributed by atoms with Crippen LogP contribution < -0.4 is 5.32 Å². The largest absolute Gasteiger partial charge is 0.348 e. The zero-order valence-electron chi connectivity index (χ0n) is 15.8. The van der Waals surface area contributed by atoms with Crippen LogP contribution in [0.2, 0.25) is 0 Å². The van der Waals surface area contributed by atoms with Gasteiger partial charge in [0.15, 0.2) is 0 Å². The smallest absolute Gasteiger partial charge is 0.242 e. The quantitative estimate of drug-likeness (QED) is 0.559. The number of aromatic nitrogens is 6. The topological polar surface area (TPSA) is 93.8 Å². The molecule has 0 saturated carbocycles. The van der Waals surface area contributed by atoms with Gasteiger partial charge in [-0.2, -0.15) is 5.10 Å². The van der Waals surface area contributed by atoms with E-state index < -0.39 is 0 Å². The first kappa shape index (κ1) is 17.4. The molecule has 9 nitrogen and oxygen atoms in total. The summed E-state index contributed by atoms with van der Waals surface area (Å²) < 4.78 is 3.87. The highest BCUT2D eigenvalue weighted by molar-refractivity contribution is 5.80. The third kappa shape index (κ3) is 3.54. The second-order valence-corrected chi connectivity index (χ2v) is 6.95. The van der Waals surface area contributed by atoms with E-state index in [1.807, 2.05) is 44.5 Å². The molecule has 0 radical (unpaired) electrons. The van der Waals surface area contributed by atoms with Gasteiger partial charge in [0.2, 0.25) is 11.9 Å². The van der Waals surface area contributed by atoms with Crippen molar-refractivity contribution in [3.63, 3.8) is 0 Å². The Balaban J connectivity index is 1.24. The molecule has 1 aliphatic rings. The molecule has 4 heterocycles. The standard InChI is InChI=1S/C20H20N8O/c29-19(13-27-14-24-17-4-1-2-5-18(17)27)26-8-9-28-16(12-26)10-15(25-28)11-23-20-21-6-3-7-22-20/h1-7,10,14H,8-9,11-13H2,(H,21,22,23). The van der Waals surface area contributed by atoms with Crippen molar-refractivity contribution in [3.05, 3.63) is 66.5 Å². The Bertz CT molecular complexity index is 1150. The Hall–Kier alpha value is -3.75.